The van der Waals surface area contributed by atoms with Crippen LogP contribution in [0.1, 0.15) is 27.0 Å². The van der Waals surface area contributed by atoms with Crippen molar-refractivity contribution in [2.24, 2.45) is 0 Å². The van der Waals surface area contributed by atoms with E-state index in [1.165, 1.54) is 23.7 Å². The third-order valence-corrected chi connectivity index (χ3v) is 5.85. The summed E-state index contributed by atoms with van der Waals surface area (Å²) in [5.41, 5.74) is 1.01. The van der Waals surface area contributed by atoms with Crippen LogP contribution < -0.4 is 0 Å². The molecule has 0 unspecified atom stereocenters. The maximum atomic E-state index is 11.5. The largest absolute Gasteiger partial charge is 0.463 e. The molecule has 28 heavy (non-hydrogen) atoms. The van der Waals surface area contributed by atoms with Crippen LogP contribution in [0.25, 0.3) is 5.69 Å². The fourth-order valence-electron chi connectivity index (χ4n) is 2.72. The Hall–Kier alpha value is -2.84. The summed E-state index contributed by atoms with van der Waals surface area (Å²) in [4.78, 5) is 12.8. The van der Waals surface area contributed by atoms with E-state index in [0.29, 0.717) is 17.9 Å². The van der Waals surface area contributed by atoms with Gasteiger partial charge in [0.05, 0.1) is 12.9 Å². The van der Waals surface area contributed by atoms with Gasteiger partial charge in [-0.25, -0.2) is 4.79 Å². The number of rotatable bonds is 7. The zero-order valence-corrected chi connectivity index (χ0v) is 16.7. The molecule has 0 spiro atoms. The number of thioether (sulfide) groups is 1. The first-order valence-corrected chi connectivity index (χ1v) is 10.4. The van der Waals surface area contributed by atoms with Gasteiger partial charge in [0.25, 0.3) is 0 Å². The Morgan fingerprint density at radius 3 is 2.75 bits per heavy atom. The summed E-state index contributed by atoms with van der Waals surface area (Å²) >= 11 is 3.21. The molecule has 0 bridgehead atoms. The first-order valence-electron chi connectivity index (χ1n) is 8.56. The van der Waals surface area contributed by atoms with Crippen LogP contribution in [0.3, 0.4) is 0 Å². The predicted octanol–water partition coefficient (Wildman–Crippen LogP) is 4.59. The normalized spacial score (nSPS) is 10.9. The molecular weight excluding hydrogens is 394 g/mol. The standard InChI is InChI=1S/C20H17N3O3S2/c1-25-19(24)17-10-9-15(26-17)13-28-20-22-21-18(12-16-8-5-11-27-16)23(20)14-6-3-2-4-7-14/h2-11H,12-13H2,1H3. The van der Waals surface area contributed by atoms with Crippen molar-refractivity contribution in [3.8, 4) is 5.69 Å². The fourth-order valence-corrected chi connectivity index (χ4v) is 4.28. The van der Waals surface area contributed by atoms with Crippen LogP contribution in [-0.4, -0.2) is 27.8 Å². The van der Waals surface area contributed by atoms with Crippen LogP contribution in [0, 0.1) is 0 Å². The zero-order chi connectivity index (χ0) is 19.3. The first kappa shape index (κ1) is 18.5. The second-order valence-corrected chi connectivity index (χ2v) is 7.85. The summed E-state index contributed by atoms with van der Waals surface area (Å²) in [5, 5.41) is 11.6. The molecule has 0 aliphatic rings. The molecule has 0 amide bonds. The van der Waals surface area contributed by atoms with Crippen LogP contribution in [0.15, 0.2) is 69.6 Å². The van der Waals surface area contributed by atoms with Crippen LogP contribution in [-0.2, 0) is 16.9 Å². The van der Waals surface area contributed by atoms with Gasteiger partial charge in [-0.1, -0.05) is 36.0 Å². The summed E-state index contributed by atoms with van der Waals surface area (Å²) in [6, 6.07) is 17.6. The Morgan fingerprint density at radius 1 is 1.14 bits per heavy atom. The Bertz CT molecular complexity index is 1060. The van der Waals surface area contributed by atoms with Gasteiger partial charge in [-0.3, -0.25) is 4.57 Å². The quantitative estimate of drug-likeness (QED) is 0.327. The maximum absolute atomic E-state index is 11.5. The number of benzene rings is 1. The number of furan rings is 1. The smallest absolute Gasteiger partial charge is 0.373 e. The highest BCUT2D eigenvalue weighted by Crippen LogP contribution is 2.27. The van der Waals surface area contributed by atoms with Gasteiger partial charge in [0.2, 0.25) is 5.76 Å². The van der Waals surface area contributed by atoms with Crippen LogP contribution in [0.5, 0.6) is 0 Å². The molecule has 142 valence electrons. The molecule has 0 saturated carbocycles. The third kappa shape index (κ3) is 4.02. The van der Waals surface area contributed by atoms with Gasteiger partial charge in [0.1, 0.15) is 11.6 Å². The van der Waals surface area contributed by atoms with Gasteiger partial charge in [-0.05, 0) is 35.7 Å². The minimum Gasteiger partial charge on any atom is -0.463 e. The van der Waals surface area contributed by atoms with Gasteiger partial charge in [0.15, 0.2) is 5.16 Å². The molecule has 0 N–H and O–H groups in total. The third-order valence-electron chi connectivity index (χ3n) is 4.02. The van der Waals surface area contributed by atoms with E-state index in [9.17, 15) is 4.79 Å². The summed E-state index contributed by atoms with van der Waals surface area (Å²) in [6.45, 7) is 0. The van der Waals surface area contributed by atoms with E-state index >= 15 is 0 Å². The van der Waals surface area contributed by atoms with Gasteiger partial charge in [0, 0.05) is 17.0 Å². The van der Waals surface area contributed by atoms with Crippen molar-refractivity contribution in [3.63, 3.8) is 0 Å². The lowest BCUT2D eigenvalue weighted by Crippen LogP contribution is -2.03. The number of hydrogen-bond donors (Lipinski definition) is 0. The van der Waals surface area contributed by atoms with Crippen molar-refractivity contribution >= 4 is 29.1 Å². The van der Waals surface area contributed by atoms with E-state index in [1.807, 2.05) is 36.4 Å². The number of ether oxygens (including phenoxy) is 1. The van der Waals surface area contributed by atoms with E-state index in [1.54, 1.807) is 23.5 Å². The summed E-state index contributed by atoms with van der Waals surface area (Å²) in [7, 11) is 1.33. The molecule has 0 saturated heterocycles. The predicted molar refractivity (Wildman–Crippen MR) is 108 cm³/mol. The molecule has 0 fully saturated rings. The van der Waals surface area contributed by atoms with Crippen molar-refractivity contribution in [1.29, 1.82) is 0 Å². The highest BCUT2D eigenvalue weighted by Gasteiger charge is 2.17. The van der Waals surface area contributed by atoms with Crippen molar-refractivity contribution in [1.82, 2.24) is 14.8 Å². The van der Waals surface area contributed by atoms with Crippen LogP contribution in [0.2, 0.25) is 0 Å². The Balaban J connectivity index is 1.59. The number of aromatic nitrogens is 3. The number of para-hydroxylation sites is 1. The Labute approximate surface area is 170 Å². The average molecular weight is 412 g/mol. The number of methoxy groups -OCH3 is 1. The lowest BCUT2D eigenvalue weighted by molar-refractivity contribution is 0.0563. The SMILES string of the molecule is COC(=O)c1ccc(CSc2nnc(Cc3cccs3)n2-c2ccccc2)o1. The number of hydrogen-bond acceptors (Lipinski definition) is 7. The van der Waals surface area contributed by atoms with Crippen molar-refractivity contribution in [2.75, 3.05) is 7.11 Å². The lowest BCUT2D eigenvalue weighted by Gasteiger charge is -2.09. The van der Waals surface area contributed by atoms with E-state index < -0.39 is 5.97 Å². The van der Waals surface area contributed by atoms with E-state index in [0.717, 1.165) is 16.7 Å². The Kier molecular flexibility index (Phi) is 5.59. The topological polar surface area (TPSA) is 70.2 Å². The van der Waals surface area contributed by atoms with Gasteiger partial charge < -0.3 is 9.15 Å². The average Bonchev–Trinajstić information content (AvgIpc) is 3.48. The molecule has 0 aliphatic carbocycles. The van der Waals surface area contributed by atoms with Crippen molar-refractivity contribution in [2.45, 2.75) is 17.3 Å². The number of carbonyl (C=O) groups is 1. The fraction of sp³-hybridized carbons (Fsp3) is 0.150. The molecule has 0 atom stereocenters. The lowest BCUT2D eigenvalue weighted by atomic mass is 10.3. The number of esters is 1. The molecule has 8 heteroatoms. The van der Waals surface area contributed by atoms with Gasteiger partial charge >= 0.3 is 5.97 Å². The van der Waals surface area contributed by atoms with E-state index in [4.69, 9.17) is 4.42 Å². The number of carbonyl (C=O) groups excluding carboxylic acids is 1. The number of nitrogens with zero attached hydrogens (tertiary/aromatic N) is 3. The van der Waals surface area contributed by atoms with Gasteiger partial charge in [-0.15, -0.1) is 21.5 Å². The van der Waals surface area contributed by atoms with Crippen molar-refractivity contribution < 1.29 is 13.9 Å². The molecular formula is C20H17N3O3S2. The molecule has 6 nitrogen and oxygen atoms in total. The summed E-state index contributed by atoms with van der Waals surface area (Å²) in [5.74, 6) is 1.79. The highest BCUT2D eigenvalue weighted by atomic mass is 32.2. The first-order chi connectivity index (χ1) is 13.7. The molecule has 3 heterocycles. The Morgan fingerprint density at radius 2 is 2.00 bits per heavy atom. The highest BCUT2D eigenvalue weighted by molar-refractivity contribution is 7.98. The van der Waals surface area contributed by atoms with E-state index in [-0.39, 0.29) is 5.76 Å². The molecule has 0 aliphatic heterocycles. The molecule has 0 radical (unpaired) electrons. The number of thiophene rings is 1. The monoisotopic (exact) mass is 411 g/mol. The second kappa shape index (κ2) is 8.45. The molecule has 4 aromatic rings. The maximum Gasteiger partial charge on any atom is 0.373 e. The van der Waals surface area contributed by atoms with Crippen LogP contribution in [0.4, 0.5) is 0 Å². The minimum absolute atomic E-state index is 0.195. The molecule has 4 rings (SSSR count). The molecule has 1 aromatic carbocycles. The summed E-state index contributed by atoms with van der Waals surface area (Å²) < 4.78 is 12.3. The minimum atomic E-state index is -0.484. The van der Waals surface area contributed by atoms with E-state index in [2.05, 4.69) is 30.9 Å². The summed E-state index contributed by atoms with van der Waals surface area (Å²) in [6.07, 6.45) is 0.716. The zero-order valence-electron chi connectivity index (χ0n) is 15.1. The molecule has 3 aromatic heterocycles. The second-order valence-electron chi connectivity index (χ2n) is 5.87. The van der Waals surface area contributed by atoms with Crippen LogP contribution >= 0.6 is 23.1 Å². The van der Waals surface area contributed by atoms with Gasteiger partial charge in [-0.2, -0.15) is 0 Å². The van der Waals surface area contributed by atoms with Crippen molar-refractivity contribution in [3.05, 3.63) is 82.2 Å².